The lowest BCUT2D eigenvalue weighted by Gasteiger charge is -2.13. The van der Waals surface area contributed by atoms with Crippen molar-refractivity contribution >= 4 is 28.1 Å². The van der Waals surface area contributed by atoms with Crippen LogP contribution in [0.4, 0.5) is 0 Å². The number of aliphatic hydroxyl groups is 1. The zero-order valence-electron chi connectivity index (χ0n) is 13.9. The second-order valence-electron chi connectivity index (χ2n) is 5.73. The second-order valence-corrected chi connectivity index (χ2v) is 6.59. The quantitative estimate of drug-likeness (QED) is 0.747. The molecule has 0 aliphatic carbocycles. The maximum Gasteiger partial charge on any atom is 0.273 e. The smallest absolute Gasteiger partial charge is 0.273 e. The Labute approximate surface area is 145 Å². The molecule has 0 saturated heterocycles. The number of nitrogens with zero attached hydrogens (tertiary/aromatic N) is 3. The maximum atomic E-state index is 12.3. The van der Waals surface area contributed by atoms with Crippen LogP contribution in [0, 0.1) is 0 Å². The summed E-state index contributed by atoms with van der Waals surface area (Å²) in [6.07, 6.45) is 1.03. The first kappa shape index (κ1) is 16.7. The first-order chi connectivity index (χ1) is 11.7. The molecule has 3 aromatic rings. The van der Waals surface area contributed by atoms with Gasteiger partial charge in [0.15, 0.2) is 0 Å². The number of carbonyl (C=O) groups is 1. The molecule has 2 heterocycles. The number of aryl methyl sites for hydroxylation is 1. The van der Waals surface area contributed by atoms with Gasteiger partial charge in [-0.15, -0.1) is 11.3 Å². The molecule has 0 fully saturated rings. The third-order valence-corrected chi connectivity index (χ3v) is 4.85. The fraction of sp³-hybridized carbons (Fsp3) is 0.333. The molecule has 1 amide bonds. The van der Waals surface area contributed by atoms with E-state index in [9.17, 15) is 4.79 Å². The van der Waals surface area contributed by atoms with Crippen molar-refractivity contribution in [3.8, 4) is 10.7 Å². The molecule has 0 radical (unpaired) electrons. The summed E-state index contributed by atoms with van der Waals surface area (Å²) in [5.41, 5.74) is 2.67. The Hall–Kier alpha value is -2.18. The zero-order valence-corrected chi connectivity index (χ0v) is 14.7. The van der Waals surface area contributed by atoms with Crippen molar-refractivity contribution in [2.45, 2.75) is 19.9 Å². The number of amides is 1. The highest BCUT2D eigenvalue weighted by Gasteiger charge is 2.18. The van der Waals surface area contributed by atoms with Gasteiger partial charge in [-0.2, -0.15) is 0 Å². The van der Waals surface area contributed by atoms with E-state index in [0.717, 1.165) is 23.7 Å². The van der Waals surface area contributed by atoms with Gasteiger partial charge in [0.25, 0.3) is 5.91 Å². The first-order valence-corrected chi connectivity index (χ1v) is 8.94. The van der Waals surface area contributed by atoms with Gasteiger partial charge in [0.05, 0.1) is 12.3 Å². The van der Waals surface area contributed by atoms with Gasteiger partial charge < -0.3 is 14.6 Å². The minimum Gasteiger partial charge on any atom is -0.395 e. The maximum absolute atomic E-state index is 12.3. The van der Waals surface area contributed by atoms with Crippen LogP contribution >= 0.6 is 11.3 Å². The molecular weight excluding hydrogens is 322 g/mol. The van der Waals surface area contributed by atoms with Gasteiger partial charge in [0.1, 0.15) is 10.7 Å². The summed E-state index contributed by atoms with van der Waals surface area (Å²) in [7, 11) is 1.67. The predicted molar refractivity (Wildman–Crippen MR) is 97.4 cm³/mol. The Balaban J connectivity index is 1.99. The van der Waals surface area contributed by atoms with Gasteiger partial charge >= 0.3 is 0 Å². The molecule has 0 saturated carbocycles. The lowest BCUT2D eigenvalue weighted by molar-refractivity contribution is 0.0762. The van der Waals surface area contributed by atoms with E-state index in [1.165, 1.54) is 27.1 Å². The van der Waals surface area contributed by atoms with Gasteiger partial charge in [0, 0.05) is 36.4 Å². The molecule has 126 valence electrons. The highest BCUT2D eigenvalue weighted by atomic mass is 32.1. The predicted octanol–water partition coefficient (Wildman–Crippen LogP) is 3.24. The summed E-state index contributed by atoms with van der Waals surface area (Å²) in [4.78, 5) is 18.3. The topological polar surface area (TPSA) is 58.4 Å². The van der Waals surface area contributed by atoms with Crippen LogP contribution in [-0.4, -0.2) is 45.7 Å². The van der Waals surface area contributed by atoms with Gasteiger partial charge in [-0.3, -0.25) is 4.79 Å². The molecule has 24 heavy (non-hydrogen) atoms. The number of aromatic nitrogens is 2. The first-order valence-electron chi connectivity index (χ1n) is 8.06. The number of carbonyl (C=O) groups excluding carboxylic acids is 1. The Morgan fingerprint density at radius 3 is 2.92 bits per heavy atom. The normalized spacial score (nSPS) is 11.1. The Bertz CT molecular complexity index is 853. The Kier molecular flexibility index (Phi) is 4.97. The van der Waals surface area contributed by atoms with Crippen LogP contribution in [0.1, 0.15) is 23.8 Å². The summed E-state index contributed by atoms with van der Waals surface area (Å²) in [5, 5.41) is 12.8. The summed E-state index contributed by atoms with van der Waals surface area (Å²) in [6.45, 7) is 3.32. The molecular formula is C18H21N3O2S. The summed E-state index contributed by atoms with van der Waals surface area (Å²) < 4.78 is 2.26. The monoisotopic (exact) mass is 343 g/mol. The fourth-order valence-electron chi connectivity index (χ4n) is 2.79. The minimum atomic E-state index is -0.162. The molecule has 1 aromatic carbocycles. The van der Waals surface area contributed by atoms with Crippen LogP contribution in [-0.2, 0) is 6.54 Å². The molecule has 0 aliphatic rings. The zero-order chi connectivity index (χ0) is 17.1. The van der Waals surface area contributed by atoms with E-state index < -0.39 is 0 Å². The van der Waals surface area contributed by atoms with Crippen molar-refractivity contribution in [1.82, 2.24) is 14.5 Å². The van der Waals surface area contributed by atoms with Crippen LogP contribution in [0.25, 0.3) is 21.6 Å². The lowest BCUT2D eigenvalue weighted by Crippen LogP contribution is -2.29. The summed E-state index contributed by atoms with van der Waals surface area (Å²) in [5.74, 6) is -0.162. The highest BCUT2D eigenvalue weighted by molar-refractivity contribution is 7.13. The molecule has 5 nitrogen and oxygen atoms in total. The molecule has 0 unspecified atom stereocenters. The van der Waals surface area contributed by atoms with Crippen molar-refractivity contribution in [3.05, 3.63) is 41.4 Å². The van der Waals surface area contributed by atoms with Gasteiger partial charge in [-0.05, 0) is 18.6 Å². The molecule has 0 atom stereocenters. The number of rotatable bonds is 6. The molecule has 0 spiro atoms. The number of benzene rings is 1. The summed E-state index contributed by atoms with van der Waals surface area (Å²) in [6, 6.07) is 10.4. The van der Waals surface area contributed by atoms with E-state index in [0.29, 0.717) is 12.2 Å². The molecule has 3 rings (SSSR count). The largest absolute Gasteiger partial charge is 0.395 e. The van der Waals surface area contributed by atoms with Crippen molar-refractivity contribution < 1.29 is 9.90 Å². The van der Waals surface area contributed by atoms with Crippen LogP contribution in [0.15, 0.2) is 35.7 Å². The third-order valence-electron chi connectivity index (χ3n) is 3.98. The van der Waals surface area contributed by atoms with E-state index in [4.69, 9.17) is 5.11 Å². The van der Waals surface area contributed by atoms with Gasteiger partial charge in [0.2, 0.25) is 0 Å². The molecule has 1 N–H and O–H groups in total. The standard InChI is InChI=1S/C18H21N3O2S/c1-3-8-21-15-7-5-4-6-13(15)11-16(21)17-19-14(12-24-17)18(23)20(2)9-10-22/h4-7,11-12,22H,3,8-10H2,1-2H3. The SMILES string of the molecule is CCCn1c(-c2nc(C(=O)N(C)CCO)cs2)cc2ccccc21. The van der Waals surface area contributed by atoms with Crippen molar-refractivity contribution in [2.24, 2.45) is 0 Å². The van der Waals surface area contributed by atoms with Crippen LogP contribution in [0.2, 0.25) is 0 Å². The fourth-order valence-corrected chi connectivity index (χ4v) is 3.61. The van der Waals surface area contributed by atoms with E-state index >= 15 is 0 Å². The molecule has 2 aromatic heterocycles. The average molecular weight is 343 g/mol. The third kappa shape index (κ3) is 3.07. The number of para-hydroxylation sites is 1. The number of hydrogen-bond acceptors (Lipinski definition) is 4. The number of aliphatic hydroxyl groups excluding tert-OH is 1. The van der Waals surface area contributed by atoms with Crippen molar-refractivity contribution in [2.75, 3.05) is 20.2 Å². The van der Waals surface area contributed by atoms with Crippen LogP contribution in [0.5, 0.6) is 0 Å². The van der Waals surface area contributed by atoms with E-state index in [-0.39, 0.29) is 12.5 Å². The Morgan fingerprint density at radius 2 is 2.17 bits per heavy atom. The van der Waals surface area contributed by atoms with Gasteiger partial charge in [-0.25, -0.2) is 4.98 Å². The van der Waals surface area contributed by atoms with E-state index in [2.05, 4.69) is 34.7 Å². The van der Waals surface area contributed by atoms with Crippen molar-refractivity contribution in [1.29, 1.82) is 0 Å². The summed E-state index contributed by atoms with van der Waals surface area (Å²) >= 11 is 1.48. The second kappa shape index (κ2) is 7.15. The number of likely N-dealkylation sites (N-methyl/N-ethyl adjacent to an activating group) is 1. The van der Waals surface area contributed by atoms with Crippen molar-refractivity contribution in [3.63, 3.8) is 0 Å². The van der Waals surface area contributed by atoms with E-state index in [1.54, 1.807) is 12.4 Å². The minimum absolute atomic E-state index is 0.0516. The Morgan fingerprint density at radius 1 is 1.38 bits per heavy atom. The van der Waals surface area contributed by atoms with Crippen LogP contribution in [0.3, 0.4) is 0 Å². The molecule has 0 bridgehead atoms. The molecule has 6 heteroatoms. The van der Waals surface area contributed by atoms with E-state index in [1.807, 2.05) is 12.1 Å². The number of thiazole rings is 1. The lowest BCUT2D eigenvalue weighted by atomic mass is 10.2. The van der Waals surface area contributed by atoms with Crippen LogP contribution < -0.4 is 0 Å². The average Bonchev–Trinajstić information content (AvgIpc) is 3.20. The highest BCUT2D eigenvalue weighted by Crippen LogP contribution is 2.31. The molecule has 0 aliphatic heterocycles. The number of hydrogen-bond donors (Lipinski definition) is 1. The number of fused-ring (bicyclic) bond motifs is 1. The van der Waals surface area contributed by atoms with Gasteiger partial charge in [-0.1, -0.05) is 25.1 Å².